The maximum atomic E-state index is 12.0. The molecule has 1 aromatic heterocycles. The Hall–Kier alpha value is -2.00. The molecule has 0 unspecified atom stereocenters. The number of urea groups is 1. The summed E-state index contributed by atoms with van der Waals surface area (Å²) in [5.41, 5.74) is 6.68. The minimum Gasteiger partial charge on any atom is -0.391 e. The van der Waals surface area contributed by atoms with Gasteiger partial charge in [0.1, 0.15) is 5.01 Å². The molecular formula is C15H17ClN4O3S. The molecule has 1 heterocycles. The number of imide groups is 1. The van der Waals surface area contributed by atoms with Crippen molar-refractivity contribution in [3.05, 3.63) is 50.4 Å². The number of halogens is 1. The highest BCUT2D eigenvalue weighted by atomic mass is 35.5. The molecule has 0 fully saturated rings. The molecule has 0 saturated carbocycles. The lowest BCUT2D eigenvalue weighted by molar-refractivity contribution is 0.0963. The van der Waals surface area contributed by atoms with Gasteiger partial charge in [-0.25, -0.2) is 9.78 Å². The van der Waals surface area contributed by atoms with Crippen LogP contribution in [0.15, 0.2) is 24.3 Å². The molecule has 0 aliphatic heterocycles. The number of thiazole rings is 1. The molecule has 9 heteroatoms. The Morgan fingerprint density at radius 2 is 2.04 bits per heavy atom. The van der Waals surface area contributed by atoms with Crippen molar-refractivity contribution in [2.45, 2.75) is 19.6 Å². The summed E-state index contributed by atoms with van der Waals surface area (Å²) in [7, 11) is 0. The van der Waals surface area contributed by atoms with Crippen molar-refractivity contribution in [3.8, 4) is 0 Å². The quantitative estimate of drug-likeness (QED) is 0.641. The molecular weight excluding hydrogens is 352 g/mol. The van der Waals surface area contributed by atoms with Gasteiger partial charge in [0.2, 0.25) is 0 Å². The fourth-order valence-electron chi connectivity index (χ4n) is 1.94. The van der Waals surface area contributed by atoms with Crippen LogP contribution in [0.25, 0.3) is 0 Å². The van der Waals surface area contributed by atoms with Gasteiger partial charge in [0.05, 0.1) is 23.2 Å². The van der Waals surface area contributed by atoms with E-state index in [1.807, 2.05) is 0 Å². The summed E-state index contributed by atoms with van der Waals surface area (Å²) in [4.78, 5) is 29.0. The van der Waals surface area contributed by atoms with Crippen LogP contribution in [0.3, 0.4) is 0 Å². The van der Waals surface area contributed by atoms with Crippen LogP contribution < -0.4 is 16.4 Å². The Kier molecular flexibility index (Phi) is 6.27. The lowest BCUT2D eigenvalue weighted by Gasteiger charge is -2.14. The third kappa shape index (κ3) is 4.51. The van der Waals surface area contributed by atoms with Crippen LogP contribution in [0.2, 0.25) is 5.02 Å². The number of aliphatic hydroxyl groups is 1. The number of aryl methyl sites for hydroxylation is 1. The van der Waals surface area contributed by atoms with E-state index in [0.29, 0.717) is 26.2 Å². The van der Waals surface area contributed by atoms with Gasteiger partial charge in [-0.2, -0.15) is 0 Å². The van der Waals surface area contributed by atoms with E-state index < -0.39 is 18.0 Å². The average molecular weight is 369 g/mol. The van der Waals surface area contributed by atoms with Crippen LogP contribution in [0.4, 0.5) is 4.79 Å². The standard InChI is InChI=1S/C15H17ClN4O3S/c1-8-12(7-21)24-14(18-8)11(6-17)19-15(23)20-13(22)9-2-4-10(16)5-3-9/h2-5,11,21H,6-7,17H2,1H3,(H2,19,20,22,23)/t11-/m1/s1. The zero-order chi connectivity index (χ0) is 17.7. The van der Waals surface area contributed by atoms with Crippen LogP contribution >= 0.6 is 22.9 Å². The fraction of sp³-hybridized carbons (Fsp3) is 0.267. The second-order valence-corrected chi connectivity index (χ2v) is 6.49. The second-order valence-electron chi connectivity index (χ2n) is 4.94. The molecule has 5 N–H and O–H groups in total. The van der Waals surface area contributed by atoms with Crippen molar-refractivity contribution >= 4 is 34.9 Å². The smallest absolute Gasteiger partial charge is 0.322 e. The van der Waals surface area contributed by atoms with Crippen molar-refractivity contribution < 1.29 is 14.7 Å². The third-order valence-electron chi connectivity index (χ3n) is 3.23. The molecule has 0 bridgehead atoms. The van der Waals surface area contributed by atoms with Gasteiger partial charge < -0.3 is 16.2 Å². The molecule has 2 rings (SSSR count). The van der Waals surface area contributed by atoms with Crippen LogP contribution in [0, 0.1) is 6.92 Å². The van der Waals surface area contributed by atoms with Gasteiger partial charge in [-0.1, -0.05) is 11.6 Å². The minimum absolute atomic E-state index is 0.111. The molecule has 128 valence electrons. The molecule has 0 aliphatic rings. The molecule has 0 spiro atoms. The van der Waals surface area contributed by atoms with Gasteiger partial charge in [-0.3, -0.25) is 10.1 Å². The van der Waals surface area contributed by atoms with Gasteiger partial charge in [0.15, 0.2) is 0 Å². The highest BCUT2D eigenvalue weighted by molar-refractivity contribution is 7.11. The third-order valence-corrected chi connectivity index (χ3v) is 4.73. The maximum Gasteiger partial charge on any atom is 0.322 e. The monoisotopic (exact) mass is 368 g/mol. The first-order valence-corrected chi connectivity index (χ1v) is 8.28. The number of carbonyl (C=O) groups excluding carboxylic acids is 2. The number of benzene rings is 1. The molecule has 2 aromatic rings. The highest BCUT2D eigenvalue weighted by Gasteiger charge is 2.20. The molecule has 7 nitrogen and oxygen atoms in total. The summed E-state index contributed by atoms with van der Waals surface area (Å²) in [6, 6.07) is 4.93. The van der Waals surface area contributed by atoms with Gasteiger partial charge in [0, 0.05) is 17.1 Å². The number of nitrogens with two attached hydrogens (primary N) is 1. The van der Waals surface area contributed by atoms with Gasteiger partial charge >= 0.3 is 6.03 Å². The largest absolute Gasteiger partial charge is 0.391 e. The summed E-state index contributed by atoms with van der Waals surface area (Å²) in [5.74, 6) is -0.550. The van der Waals surface area contributed by atoms with E-state index in [0.717, 1.165) is 0 Å². The Labute approximate surface area is 147 Å². The average Bonchev–Trinajstić information content (AvgIpc) is 2.93. The van der Waals surface area contributed by atoms with E-state index in [-0.39, 0.29) is 13.2 Å². The van der Waals surface area contributed by atoms with Crippen molar-refractivity contribution in [1.29, 1.82) is 0 Å². The number of aliphatic hydroxyl groups excluding tert-OH is 1. The van der Waals surface area contributed by atoms with Gasteiger partial charge in [-0.05, 0) is 31.2 Å². The number of aromatic nitrogens is 1. The van der Waals surface area contributed by atoms with Crippen molar-refractivity contribution in [1.82, 2.24) is 15.6 Å². The number of carbonyl (C=O) groups is 2. The van der Waals surface area contributed by atoms with E-state index in [1.165, 1.54) is 23.5 Å². The summed E-state index contributed by atoms with van der Waals surface area (Å²) in [6.07, 6.45) is 0. The number of nitrogens with zero attached hydrogens (tertiary/aromatic N) is 1. The Morgan fingerprint density at radius 1 is 1.38 bits per heavy atom. The topological polar surface area (TPSA) is 117 Å². The van der Waals surface area contributed by atoms with Crippen LogP contribution in [0.5, 0.6) is 0 Å². The predicted octanol–water partition coefficient (Wildman–Crippen LogP) is 1.74. The minimum atomic E-state index is -0.677. The highest BCUT2D eigenvalue weighted by Crippen LogP contribution is 2.23. The van der Waals surface area contributed by atoms with E-state index in [1.54, 1.807) is 19.1 Å². The first-order chi connectivity index (χ1) is 11.4. The van der Waals surface area contributed by atoms with Crippen LogP contribution in [-0.4, -0.2) is 28.6 Å². The Morgan fingerprint density at radius 3 is 2.58 bits per heavy atom. The molecule has 24 heavy (non-hydrogen) atoms. The number of hydrogen-bond acceptors (Lipinski definition) is 6. The molecule has 0 radical (unpaired) electrons. The van der Waals surface area contributed by atoms with E-state index in [9.17, 15) is 14.7 Å². The zero-order valence-corrected chi connectivity index (χ0v) is 14.4. The van der Waals surface area contributed by atoms with Gasteiger partial charge in [-0.15, -0.1) is 11.3 Å². The van der Waals surface area contributed by atoms with E-state index in [4.69, 9.17) is 17.3 Å². The van der Waals surface area contributed by atoms with Crippen LogP contribution in [-0.2, 0) is 6.61 Å². The molecule has 0 aliphatic carbocycles. The first kappa shape index (κ1) is 18.3. The molecule has 3 amide bonds. The van der Waals surface area contributed by atoms with Gasteiger partial charge in [0.25, 0.3) is 5.91 Å². The molecule has 1 aromatic carbocycles. The lowest BCUT2D eigenvalue weighted by Crippen LogP contribution is -2.43. The number of nitrogens with one attached hydrogen (secondary N) is 2. The van der Waals surface area contributed by atoms with Crippen molar-refractivity contribution in [3.63, 3.8) is 0 Å². The predicted molar refractivity (Wildman–Crippen MR) is 92.0 cm³/mol. The van der Waals surface area contributed by atoms with Crippen molar-refractivity contribution in [2.75, 3.05) is 6.54 Å². The maximum absolute atomic E-state index is 12.0. The van der Waals surface area contributed by atoms with Crippen molar-refractivity contribution in [2.24, 2.45) is 5.73 Å². The van der Waals surface area contributed by atoms with E-state index in [2.05, 4.69) is 15.6 Å². The summed E-state index contributed by atoms with van der Waals surface area (Å²) < 4.78 is 0. The summed E-state index contributed by atoms with van der Waals surface area (Å²) in [6.45, 7) is 1.76. The first-order valence-electron chi connectivity index (χ1n) is 7.09. The SMILES string of the molecule is Cc1nc([C@@H](CN)NC(=O)NC(=O)c2ccc(Cl)cc2)sc1CO. The molecule has 0 saturated heterocycles. The summed E-state index contributed by atoms with van der Waals surface area (Å²) in [5, 5.41) is 15.1. The number of amides is 3. The normalized spacial score (nSPS) is 11.8. The molecule has 1 atom stereocenters. The van der Waals surface area contributed by atoms with Crippen LogP contribution in [0.1, 0.15) is 32.0 Å². The fourth-order valence-corrected chi connectivity index (χ4v) is 3.05. The summed E-state index contributed by atoms with van der Waals surface area (Å²) >= 11 is 7.02. The van der Waals surface area contributed by atoms with E-state index >= 15 is 0 Å². The lowest BCUT2D eigenvalue weighted by atomic mass is 10.2. The zero-order valence-electron chi connectivity index (χ0n) is 12.9. The Bertz CT molecular complexity index is 733. The second kappa shape index (κ2) is 8.20. The Balaban J connectivity index is 2.01. The number of rotatable bonds is 5. The number of hydrogen-bond donors (Lipinski definition) is 4.